The molecule has 1 aliphatic rings. The summed E-state index contributed by atoms with van der Waals surface area (Å²) in [6.45, 7) is 15.9. The minimum Gasteiger partial charge on any atom is -0.310 e. The number of para-hydroxylation sites is 2. The van der Waals surface area contributed by atoms with Gasteiger partial charge in [0.25, 0.3) is 0 Å². The SMILES string of the molecule is C[Si](C)(C)C1([Si](C)(C)C)c2cc3cc(N(c4ccccc4)c4ccc(-c5ccccc5)cc4-c4ccccc4)ccc3cc2-c2c1cc(N(c1ccccc1)c1ccc(-c3ccccc3)cc1-c1ccccc1)c1ccccc21. The van der Waals surface area contributed by atoms with Gasteiger partial charge in [-0.15, -0.1) is 0 Å². The maximum atomic E-state index is 2.67. The van der Waals surface area contributed by atoms with Crippen LogP contribution in [0.4, 0.5) is 34.1 Å². The first kappa shape index (κ1) is 49.7. The lowest BCUT2D eigenvalue weighted by Crippen LogP contribution is -2.63. The second kappa shape index (κ2) is 19.9. The van der Waals surface area contributed by atoms with Crippen molar-refractivity contribution < 1.29 is 0 Å². The number of hydrogen-bond acceptors (Lipinski definition) is 2. The smallest absolute Gasteiger partial charge is 0.0579 e. The maximum absolute atomic E-state index is 2.67. The molecule has 0 amide bonds. The highest BCUT2D eigenvalue weighted by atomic mass is 28.4. The summed E-state index contributed by atoms with van der Waals surface area (Å²) in [4.78, 5) is 5.04. The van der Waals surface area contributed by atoms with Gasteiger partial charge in [-0.05, 0) is 145 Å². The van der Waals surface area contributed by atoms with Gasteiger partial charge in [-0.3, -0.25) is 0 Å². The quantitative estimate of drug-likeness (QED) is 0.113. The van der Waals surface area contributed by atoms with Crippen molar-refractivity contribution >= 4 is 71.8 Å². The first-order valence-electron chi connectivity index (χ1n) is 27.8. The molecule has 13 rings (SSSR count). The van der Waals surface area contributed by atoms with E-state index in [0.29, 0.717) is 0 Å². The Bertz CT molecular complexity index is 4170. The molecule has 0 saturated carbocycles. The van der Waals surface area contributed by atoms with E-state index in [1.165, 1.54) is 94.0 Å². The summed E-state index contributed by atoms with van der Waals surface area (Å²) in [6, 6.07) is 104. The zero-order valence-electron chi connectivity index (χ0n) is 46.0. The molecule has 79 heavy (non-hydrogen) atoms. The van der Waals surface area contributed by atoms with Gasteiger partial charge in [0.05, 0.1) is 33.2 Å². The lowest BCUT2D eigenvalue weighted by Gasteiger charge is -2.51. The number of rotatable bonds is 12. The molecule has 0 bridgehead atoms. The first-order valence-corrected chi connectivity index (χ1v) is 34.8. The van der Waals surface area contributed by atoms with Crippen LogP contribution >= 0.6 is 0 Å². The Morgan fingerprint density at radius 3 is 1.19 bits per heavy atom. The Hall–Kier alpha value is -8.81. The van der Waals surface area contributed by atoms with Crippen molar-refractivity contribution in [2.45, 2.75) is 43.9 Å². The van der Waals surface area contributed by atoms with E-state index in [4.69, 9.17) is 0 Å². The molecule has 0 saturated heterocycles. The predicted molar refractivity (Wildman–Crippen MR) is 345 cm³/mol. The van der Waals surface area contributed by atoms with Gasteiger partial charge in [0.1, 0.15) is 0 Å². The van der Waals surface area contributed by atoms with Crippen LogP contribution in [0.1, 0.15) is 11.1 Å². The lowest BCUT2D eigenvalue weighted by molar-refractivity contribution is 0.954. The molecule has 0 aromatic heterocycles. The fourth-order valence-electron chi connectivity index (χ4n) is 13.7. The average Bonchev–Trinajstić information content (AvgIpc) is 2.96. The molecule has 12 aromatic carbocycles. The van der Waals surface area contributed by atoms with Crippen LogP contribution in [0.5, 0.6) is 0 Å². The normalized spacial score (nSPS) is 12.8. The Kier molecular flexibility index (Phi) is 12.5. The maximum Gasteiger partial charge on any atom is 0.0579 e. The largest absolute Gasteiger partial charge is 0.310 e. The highest BCUT2D eigenvalue weighted by molar-refractivity contribution is 6.99. The van der Waals surface area contributed by atoms with E-state index in [2.05, 4.69) is 328 Å². The van der Waals surface area contributed by atoms with Crippen molar-refractivity contribution in [3.63, 3.8) is 0 Å². The molecule has 0 N–H and O–H groups in total. The Morgan fingerprint density at radius 1 is 0.266 bits per heavy atom. The Morgan fingerprint density at radius 2 is 0.696 bits per heavy atom. The van der Waals surface area contributed by atoms with Crippen LogP contribution in [0, 0.1) is 0 Å². The molecule has 1 aliphatic carbocycles. The summed E-state index contributed by atoms with van der Waals surface area (Å²) < 4.78 is -0.164. The third-order valence-electron chi connectivity index (χ3n) is 16.7. The van der Waals surface area contributed by atoms with Crippen LogP contribution in [0.3, 0.4) is 0 Å². The van der Waals surface area contributed by atoms with E-state index in [9.17, 15) is 0 Å². The number of benzene rings is 12. The highest BCUT2D eigenvalue weighted by Crippen LogP contribution is 2.62. The van der Waals surface area contributed by atoms with E-state index in [1.807, 2.05) is 0 Å². The van der Waals surface area contributed by atoms with E-state index in [0.717, 1.165) is 28.4 Å². The molecule has 0 fully saturated rings. The molecular weight excluding hydrogens is 985 g/mol. The van der Waals surface area contributed by atoms with Crippen molar-refractivity contribution in [3.05, 3.63) is 290 Å². The Labute approximate surface area is 468 Å². The summed E-state index contributed by atoms with van der Waals surface area (Å²) in [5, 5.41) is 5.05. The van der Waals surface area contributed by atoms with Gasteiger partial charge < -0.3 is 9.80 Å². The fraction of sp³-hybridized carbons (Fsp3) is 0.0933. The molecule has 0 aliphatic heterocycles. The molecule has 0 spiro atoms. The minimum atomic E-state index is -2.20. The van der Waals surface area contributed by atoms with Crippen LogP contribution in [0.2, 0.25) is 39.3 Å². The van der Waals surface area contributed by atoms with Crippen molar-refractivity contribution in [1.82, 2.24) is 0 Å². The van der Waals surface area contributed by atoms with Crippen molar-refractivity contribution in [3.8, 4) is 55.6 Å². The van der Waals surface area contributed by atoms with E-state index >= 15 is 0 Å². The van der Waals surface area contributed by atoms with Crippen LogP contribution < -0.4 is 9.80 Å². The van der Waals surface area contributed by atoms with Crippen LogP contribution in [-0.2, 0) is 4.66 Å². The van der Waals surface area contributed by atoms with E-state index in [-0.39, 0.29) is 4.66 Å². The minimum absolute atomic E-state index is 0.164. The molecule has 382 valence electrons. The summed E-state index contributed by atoms with van der Waals surface area (Å²) in [6.07, 6.45) is 0. The monoisotopic (exact) mass is 1050 g/mol. The highest BCUT2D eigenvalue weighted by Gasteiger charge is 2.59. The molecule has 0 radical (unpaired) electrons. The standard InChI is InChI=1S/C75H64N2Si2/c1-78(2,3)75(79(4,5)6)69-51-60-47-63(76(61-35-21-11-22-36-61)71-45-42-57(53-27-13-7-14-28-53)48-66(71)55-31-17-9-18-32-55)44-41-59(60)50-68(69)74-65-40-26-25-39-64(65)73(52-70(74)75)77(62-37-23-12-24-38-62)72-46-43-58(54-29-15-8-16-30-54)49-67(72)56-33-19-10-20-34-56/h7-52H,1-6H3. The summed E-state index contributed by atoms with van der Waals surface area (Å²) >= 11 is 0. The van der Waals surface area contributed by atoms with Crippen LogP contribution in [-0.4, -0.2) is 16.1 Å². The third-order valence-corrected chi connectivity index (χ3v) is 26.8. The van der Waals surface area contributed by atoms with E-state index < -0.39 is 16.1 Å². The second-order valence-corrected chi connectivity index (χ2v) is 34.3. The average molecular weight is 1050 g/mol. The fourth-order valence-corrected chi connectivity index (χ4v) is 26.8. The van der Waals surface area contributed by atoms with Gasteiger partial charge in [-0.2, -0.15) is 0 Å². The van der Waals surface area contributed by atoms with Gasteiger partial charge in [0.2, 0.25) is 0 Å². The van der Waals surface area contributed by atoms with Crippen LogP contribution in [0.15, 0.2) is 279 Å². The van der Waals surface area contributed by atoms with Gasteiger partial charge in [-0.25, -0.2) is 0 Å². The predicted octanol–water partition coefficient (Wildman–Crippen LogP) is 21.6. The molecule has 4 heteroatoms. The summed E-state index contributed by atoms with van der Waals surface area (Å²) in [5.74, 6) is 0. The molecule has 12 aromatic rings. The van der Waals surface area contributed by atoms with Crippen LogP contribution in [0.25, 0.3) is 77.2 Å². The van der Waals surface area contributed by atoms with Gasteiger partial charge in [0.15, 0.2) is 0 Å². The van der Waals surface area contributed by atoms with Gasteiger partial charge in [-0.1, -0.05) is 246 Å². The van der Waals surface area contributed by atoms with Crippen molar-refractivity contribution in [2.75, 3.05) is 9.80 Å². The van der Waals surface area contributed by atoms with E-state index in [1.54, 1.807) is 0 Å². The van der Waals surface area contributed by atoms with Crippen molar-refractivity contribution in [1.29, 1.82) is 0 Å². The summed E-state index contributed by atoms with van der Waals surface area (Å²) in [7, 11) is -4.40. The Balaban J connectivity index is 1.05. The second-order valence-electron chi connectivity index (χ2n) is 23.3. The topological polar surface area (TPSA) is 6.48 Å². The number of anilines is 6. The molecule has 0 heterocycles. The molecular formula is C75H64N2Si2. The van der Waals surface area contributed by atoms with Gasteiger partial charge in [0, 0.05) is 38.2 Å². The molecule has 0 unspecified atom stereocenters. The molecule has 0 atom stereocenters. The number of nitrogens with zero attached hydrogens (tertiary/aromatic N) is 2. The number of hydrogen-bond donors (Lipinski definition) is 0. The lowest BCUT2D eigenvalue weighted by atomic mass is 9.93. The molecule has 2 nitrogen and oxygen atoms in total. The van der Waals surface area contributed by atoms with Crippen molar-refractivity contribution in [2.24, 2.45) is 0 Å². The summed E-state index contributed by atoms with van der Waals surface area (Å²) in [5.41, 5.74) is 22.2. The number of fused-ring (bicyclic) bond motifs is 6. The zero-order chi connectivity index (χ0) is 53.9. The van der Waals surface area contributed by atoms with Gasteiger partial charge >= 0.3 is 0 Å². The zero-order valence-corrected chi connectivity index (χ0v) is 48.0. The first-order chi connectivity index (χ1) is 38.5. The third kappa shape index (κ3) is 8.55.